The van der Waals surface area contributed by atoms with Crippen LogP contribution in [0.2, 0.25) is 0 Å². The third kappa shape index (κ3) is 3.83. The molecule has 64 valence electrons. The topological polar surface area (TPSA) is 38.0 Å². The lowest BCUT2D eigenvalue weighted by molar-refractivity contribution is 0.886. The first-order valence-electron chi connectivity index (χ1n) is 3.93. The molecule has 0 unspecified atom stereocenters. The molecule has 0 radical (unpaired) electrons. The Labute approximate surface area is 69.2 Å². The molecule has 0 aliphatic carbocycles. The fraction of sp³-hybridized carbons (Fsp3) is 0.556. The molecule has 0 aliphatic rings. The van der Waals surface area contributed by atoms with Crippen LogP contribution in [0.4, 0.5) is 0 Å². The molecule has 0 aromatic rings. The van der Waals surface area contributed by atoms with Gasteiger partial charge < -0.3 is 11.1 Å². The number of hydrogen-bond donors (Lipinski definition) is 2. The maximum absolute atomic E-state index is 5.51. The molecule has 0 amide bonds. The van der Waals surface area contributed by atoms with Crippen LogP contribution in [0.1, 0.15) is 20.3 Å². The van der Waals surface area contributed by atoms with Crippen molar-refractivity contribution in [1.82, 2.24) is 5.32 Å². The van der Waals surface area contributed by atoms with Gasteiger partial charge in [-0.05, 0) is 25.8 Å². The Kier molecular flexibility index (Phi) is 5.57. The van der Waals surface area contributed by atoms with Crippen molar-refractivity contribution in [2.24, 2.45) is 5.73 Å². The standard InChI is InChI=1S/C9H18N2/c1-4-5-6-8(2)9(7-10)11-3/h4-5,11H,6-7,10H2,1-3H3/b5-4-,9-8-. The zero-order valence-electron chi connectivity index (χ0n) is 7.65. The first-order valence-corrected chi connectivity index (χ1v) is 3.93. The second kappa shape index (κ2) is 5.98. The summed E-state index contributed by atoms with van der Waals surface area (Å²) in [6.07, 6.45) is 5.17. The van der Waals surface area contributed by atoms with Crippen LogP contribution in [-0.2, 0) is 0 Å². The maximum Gasteiger partial charge on any atom is 0.0328 e. The second-order valence-electron chi connectivity index (χ2n) is 2.49. The van der Waals surface area contributed by atoms with Gasteiger partial charge >= 0.3 is 0 Å². The highest BCUT2D eigenvalue weighted by Crippen LogP contribution is 2.04. The summed E-state index contributed by atoms with van der Waals surface area (Å²) in [6.45, 7) is 4.72. The van der Waals surface area contributed by atoms with Gasteiger partial charge in [-0.3, -0.25) is 0 Å². The smallest absolute Gasteiger partial charge is 0.0328 e. The minimum absolute atomic E-state index is 0.597. The number of nitrogens with one attached hydrogen (secondary N) is 1. The van der Waals surface area contributed by atoms with E-state index in [1.807, 2.05) is 20.0 Å². The molecule has 0 aliphatic heterocycles. The SMILES string of the molecule is C/C=C\C/C(C)=C(/CN)NC. The number of hydrogen-bond acceptors (Lipinski definition) is 2. The van der Waals surface area contributed by atoms with Crippen LogP contribution >= 0.6 is 0 Å². The third-order valence-corrected chi connectivity index (χ3v) is 1.68. The van der Waals surface area contributed by atoms with Gasteiger partial charge in [-0.25, -0.2) is 0 Å². The fourth-order valence-electron chi connectivity index (χ4n) is 0.908. The van der Waals surface area contributed by atoms with E-state index < -0.39 is 0 Å². The van der Waals surface area contributed by atoms with Gasteiger partial charge in [0.2, 0.25) is 0 Å². The molecule has 0 atom stereocenters. The monoisotopic (exact) mass is 154 g/mol. The van der Waals surface area contributed by atoms with E-state index in [0.717, 1.165) is 12.1 Å². The lowest BCUT2D eigenvalue weighted by Crippen LogP contribution is -2.17. The summed E-state index contributed by atoms with van der Waals surface area (Å²) in [5.41, 5.74) is 7.97. The van der Waals surface area contributed by atoms with Gasteiger partial charge in [0.25, 0.3) is 0 Å². The number of likely N-dealkylation sites (N-methyl/N-ethyl adjacent to an activating group) is 1. The van der Waals surface area contributed by atoms with Crippen LogP contribution in [0.15, 0.2) is 23.4 Å². The van der Waals surface area contributed by atoms with Crippen LogP contribution < -0.4 is 11.1 Å². The average molecular weight is 154 g/mol. The first kappa shape index (κ1) is 10.2. The van der Waals surface area contributed by atoms with Crippen LogP contribution in [0.5, 0.6) is 0 Å². The molecule has 2 heteroatoms. The van der Waals surface area contributed by atoms with E-state index in [2.05, 4.69) is 18.3 Å². The van der Waals surface area contributed by atoms with Crippen molar-refractivity contribution in [2.75, 3.05) is 13.6 Å². The Bertz CT molecular complexity index is 151. The normalized spacial score (nSPS) is 13.5. The molecule has 0 spiro atoms. The van der Waals surface area contributed by atoms with Crippen molar-refractivity contribution in [3.8, 4) is 0 Å². The highest BCUT2D eigenvalue weighted by molar-refractivity contribution is 5.14. The third-order valence-electron chi connectivity index (χ3n) is 1.68. The average Bonchev–Trinajstić information content (AvgIpc) is 2.03. The summed E-state index contributed by atoms with van der Waals surface area (Å²) in [4.78, 5) is 0. The lowest BCUT2D eigenvalue weighted by atomic mass is 10.1. The molecule has 0 saturated carbocycles. The van der Waals surface area contributed by atoms with Crippen molar-refractivity contribution in [1.29, 1.82) is 0 Å². The van der Waals surface area contributed by atoms with E-state index in [-0.39, 0.29) is 0 Å². The van der Waals surface area contributed by atoms with Crippen molar-refractivity contribution >= 4 is 0 Å². The Morgan fingerprint density at radius 1 is 1.55 bits per heavy atom. The Morgan fingerprint density at radius 2 is 2.18 bits per heavy atom. The predicted octanol–water partition coefficient (Wildman–Crippen LogP) is 1.40. The lowest BCUT2D eigenvalue weighted by Gasteiger charge is -2.07. The largest absolute Gasteiger partial charge is 0.390 e. The summed E-state index contributed by atoms with van der Waals surface area (Å²) >= 11 is 0. The molecule has 0 saturated heterocycles. The first-order chi connectivity index (χ1) is 5.26. The summed E-state index contributed by atoms with van der Waals surface area (Å²) in [7, 11) is 1.90. The molecule has 0 fully saturated rings. The number of allylic oxidation sites excluding steroid dienone is 3. The predicted molar refractivity (Wildman–Crippen MR) is 50.2 cm³/mol. The molecule has 0 aromatic carbocycles. The zero-order chi connectivity index (χ0) is 8.69. The Balaban J connectivity index is 4.11. The summed E-state index contributed by atoms with van der Waals surface area (Å²) in [5.74, 6) is 0. The van der Waals surface area contributed by atoms with E-state index >= 15 is 0 Å². The van der Waals surface area contributed by atoms with Gasteiger partial charge in [-0.2, -0.15) is 0 Å². The second-order valence-corrected chi connectivity index (χ2v) is 2.49. The number of nitrogens with two attached hydrogens (primary N) is 1. The fourth-order valence-corrected chi connectivity index (χ4v) is 0.908. The van der Waals surface area contributed by atoms with E-state index in [4.69, 9.17) is 5.73 Å². The van der Waals surface area contributed by atoms with Crippen LogP contribution in [0.3, 0.4) is 0 Å². The van der Waals surface area contributed by atoms with Gasteiger partial charge in [-0.1, -0.05) is 12.2 Å². The highest BCUT2D eigenvalue weighted by Gasteiger charge is 1.94. The van der Waals surface area contributed by atoms with Crippen LogP contribution in [-0.4, -0.2) is 13.6 Å². The molecule has 0 rings (SSSR count). The summed E-state index contributed by atoms with van der Waals surface area (Å²) in [6, 6.07) is 0. The highest BCUT2D eigenvalue weighted by atomic mass is 14.9. The molecular weight excluding hydrogens is 136 g/mol. The van der Waals surface area contributed by atoms with Crippen molar-refractivity contribution in [3.63, 3.8) is 0 Å². The molecule has 0 bridgehead atoms. The molecule has 0 aromatic heterocycles. The zero-order valence-corrected chi connectivity index (χ0v) is 7.65. The van der Waals surface area contributed by atoms with E-state index in [0.29, 0.717) is 6.54 Å². The van der Waals surface area contributed by atoms with Gasteiger partial charge in [0, 0.05) is 19.3 Å². The van der Waals surface area contributed by atoms with E-state index in [9.17, 15) is 0 Å². The Hall–Kier alpha value is -0.760. The quantitative estimate of drug-likeness (QED) is 0.601. The molecule has 0 heterocycles. The minimum Gasteiger partial charge on any atom is -0.390 e. The molecule has 11 heavy (non-hydrogen) atoms. The summed E-state index contributed by atoms with van der Waals surface area (Å²) in [5, 5.41) is 3.08. The summed E-state index contributed by atoms with van der Waals surface area (Å²) < 4.78 is 0. The van der Waals surface area contributed by atoms with Gasteiger partial charge in [0.1, 0.15) is 0 Å². The molecular formula is C9H18N2. The van der Waals surface area contributed by atoms with E-state index in [1.54, 1.807) is 0 Å². The van der Waals surface area contributed by atoms with Gasteiger partial charge in [0.05, 0.1) is 0 Å². The van der Waals surface area contributed by atoms with Gasteiger partial charge in [-0.15, -0.1) is 0 Å². The molecule has 2 nitrogen and oxygen atoms in total. The minimum atomic E-state index is 0.597. The van der Waals surface area contributed by atoms with Gasteiger partial charge in [0.15, 0.2) is 0 Å². The number of rotatable bonds is 4. The van der Waals surface area contributed by atoms with Crippen molar-refractivity contribution in [2.45, 2.75) is 20.3 Å². The van der Waals surface area contributed by atoms with Crippen molar-refractivity contribution in [3.05, 3.63) is 23.4 Å². The van der Waals surface area contributed by atoms with Crippen LogP contribution in [0.25, 0.3) is 0 Å². The molecule has 3 N–H and O–H groups in total. The van der Waals surface area contributed by atoms with Crippen molar-refractivity contribution < 1.29 is 0 Å². The van der Waals surface area contributed by atoms with Crippen LogP contribution in [0, 0.1) is 0 Å². The Morgan fingerprint density at radius 3 is 2.55 bits per heavy atom. The van der Waals surface area contributed by atoms with E-state index in [1.165, 1.54) is 5.57 Å². The maximum atomic E-state index is 5.51.